The minimum atomic E-state index is -0.0180. The van der Waals surface area contributed by atoms with Crippen LogP contribution in [0.15, 0.2) is 42.5 Å². The predicted octanol–water partition coefficient (Wildman–Crippen LogP) is 4.99. The molecule has 0 bridgehead atoms. The summed E-state index contributed by atoms with van der Waals surface area (Å²) in [6, 6.07) is 14.5. The van der Waals surface area contributed by atoms with Gasteiger partial charge in [-0.15, -0.1) is 0 Å². The fraction of sp³-hybridized carbons (Fsp3) is 0.381. The molecule has 0 aromatic heterocycles. The van der Waals surface area contributed by atoms with E-state index in [4.69, 9.17) is 0 Å². The fourth-order valence-corrected chi connectivity index (χ4v) is 2.88. The fourth-order valence-electron chi connectivity index (χ4n) is 2.88. The van der Waals surface area contributed by atoms with E-state index < -0.39 is 0 Å². The number of hydrogen-bond acceptors (Lipinski definition) is 1. The summed E-state index contributed by atoms with van der Waals surface area (Å²) in [5.74, 6) is 0.637. The Balaban J connectivity index is 2.05. The first kappa shape index (κ1) is 17.3. The molecule has 0 fully saturated rings. The highest BCUT2D eigenvalue weighted by molar-refractivity contribution is 5.94. The number of carbonyl (C=O) groups is 1. The third-order valence-electron chi connectivity index (χ3n) is 3.96. The first-order valence-corrected chi connectivity index (χ1v) is 8.33. The number of nitrogens with one attached hydrogen (secondary N) is 1. The van der Waals surface area contributed by atoms with Crippen LogP contribution in [0.1, 0.15) is 59.4 Å². The van der Waals surface area contributed by atoms with Gasteiger partial charge in [-0.1, -0.05) is 55.3 Å². The topological polar surface area (TPSA) is 29.1 Å². The second kappa shape index (κ2) is 7.45. The van der Waals surface area contributed by atoms with Crippen LogP contribution in [0.4, 0.5) is 0 Å². The Morgan fingerprint density at radius 1 is 0.957 bits per heavy atom. The minimum absolute atomic E-state index is 0.00332. The smallest absolute Gasteiger partial charge is 0.251 e. The number of amides is 1. The average Bonchev–Trinajstić information content (AvgIpc) is 2.46. The lowest BCUT2D eigenvalue weighted by Gasteiger charge is -2.16. The zero-order chi connectivity index (χ0) is 17.0. The van der Waals surface area contributed by atoms with Gasteiger partial charge in [0.1, 0.15) is 0 Å². The van der Waals surface area contributed by atoms with Crippen molar-refractivity contribution in [3.05, 3.63) is 70.3 Å². The summed E-state index contributed by atoms with van der Waals surface area (Å²) in [4.78, 5) is 12.4. The molecule has 0 radical (unpaired) electrons. The Morgan fingerprint density at radius 2 is 1.52 bits per heavy atom. The van der Waals surface area contributed by atoms with Crippen molar-refractivity contribution < 1.29 is 4.79 Å². The van der Waals surface area contributed by atoms with E-state index in [1.807, 2.05) is 32.9 Å². The molecule has 0 saturated heterocycles. The van der Waals surface area contributed by atoms with Gasteiger partial charge >= 0.3 is 0 Å². The Labute approximate surface area is 139 Å². The van der Waals surface area contributed by atoms with E-state index in [9.17, 15) is 4.79 Å². The monoisotopic (exact) mass is 309 g/mol. The molecular formula is C21H27NO. The molecule has 0 aliphatic carbocycles. The normalized spacial score (nSPS) is 12.3. The second-order valence-corrected chi connectivity index (χ2v) is 6.91. The highest BCUT2D eigenvalue weighted by Crippen LogP contribution is 2.17. The standard InChI is InChI=1S/C21H27NO/c1-14(2)10-18-6-8-19(9-7-18)17(5)22-21(23)20-12-15(3)11-16(4)13-20/h6-9,11-14,17H,10H2,1-5H3,(H,22,23)/t17-/m1/s1. The molecular weight excluding hydrogens is 282 g/mol. The summed E-state index contributed by atoms with van der Waals surface area (Å²) in [5.41, 5.74) is 5.43. The van der Waals surface area contributed by atoms with Crippen LogP contribution in [-0.2, 0) is 6.42 Å². The van der Waals surface area contributed by atoms with Crippen molar-refractivity contribution in [3.8, 4) is 0 Å². The zero-order valence-corrected chi connectivity index (χ0v) is 14.8. The van der Waals surface area contributed by atoms with Crippen LogP contribution in [-0.4, -0.2) is 5.91 Å². The molecule has 23 heavy (non-hydrogen) atoms. The van der Waals surface area contributed by atoms with Gasteiger partial charge in [0.25, 0.3) is 5.91 Å². The SMILES string of the molecule is Cc1cc(C)cc(C(=O)N[C@H](C)c2ccc(CC(C)C)cc2)c1. The number of rotatable bonds is 5. The van der Waals surface area contributed by atoms with Crippen LogP contribution in [0.25, 0.3) is 0 Å². The van der Waals surface area contributed by atoms with Crippen molar-refractivity contribution in [3.63, 3.8) is 0 Å². The molecule has 0 unspecified atom stereocenters. The molecule has 0 aliphatic heterocycles. The second-order valence-electron chi connectivity index (χ2n) is 6.91. The summed E-state index contributed by atoms with van der Waals surface area (Å²) < 4.78 is 0. The number of hydrogen-bond donors (Lipinski definition) is 1. The Kier molecular flexibility index (Phi) is 5.59. The number of carbonyl (C=O) groups excluding carboxylic acids is 1. The van der Waals surface area contributed by atoms with Crippen LogP contribution in [0.5, 0.6) is 0 Å². The Hall–Kier alpha value is -2.09. The third-order valence-corrected chi connectivity index (χ3v) is 3.96. The van der Waals surface area contributed by atoms with Crippen molar-refractivity contribution in [1.82, 2.24) is 5.32 Å². The summed E-state index contributed by atoms with van der Waals surface area (Å²) in [5, 5.41) is 3.09. The molecule has 0 heterocycles. The van der Waals surface area contributed by atoms with Crippen LogP contribution >= 0.6 is 0 Å². The van der Waals surface area contributed by atoms with Crippen molar-refractivity contribution in [2.24, 2.45) is 5.92 Å². The molecule has 2 rings (SSSR count). The first-order chi connectivity index (χ1) is 10.8. The lowest BCUT2D eigenvalue weighted by molar-refractivity contribution is 0.0939. The maximum absolute atomic E-state index is 12.4. The van der Waals surface area contributed by atoms with Gasteiger partial charge in [-0.2, -0.15) is 0 Å². The van der Waals surface area contributed by atoms with Gasteiger partial charge in [0.15, 0.2) is 0 Å². The average molecular weight is 309 g/mol. The summed E-state index contributed by atoms with van der Waals surface area (Å²) in [6.07, 6.45) is 1.09. The molecule has 1 N–H and O–H groups in total. The van der Waals surface area contributed by atoms with Gasteiger partial charge in [0.05, 0.1) is 6.04 Å². The third kappa shape index (κ3) is 4.95. The van der Waals surface area contributed by atoms with Gasteiger partial charge in [0, 0.05) is 5.56 Å². The van der Waals surface area contributed by atoms with Crippen molar-refractivity contribution in [2.75, 3.05) is 0 Å². The molecule has 122 valence electrons. The van der Waals surface area contributed by atoms with Crippen molar-refractivity contribution in [2.45, 2.75) is 47.1 Å². The van der Waals surface area contributed by atoms with E-state index in [2.05, 4.69) is 49.5 Å². The van der Waals surface area contributed by atoms with E-state index in [0.29, 0.717) is 5.92 Å². The highest BCUT2D eigenvalue weighted by Gasteiger charge is 2.12. The largest absolute Gasteiger partial charge is 0.346 e. The molecule has 1 amide bonds. The maximum atomic E-state index is 12.4. The molecule has 0 saturated carbocycles. The van der Waals surface area contributed by atoms with Gasteiger partial charge in [-0.25, -0.2) is 0 Å². The van der Waals surface area contributed by atoms with Gasteiger partial charge in [-0.3, -0.25) is 4.79 Å². The molecule has 2 nitrogen and oxygen atoms in total. The summed E-state index contributed by atoms with van der Waals surface area (Å²) >= 11 is 0. The molecule has 0 spiro atoms. The lowest BCUT2D eigenvalue weighted by atomic mass is 9.99. The van der Waals surface area contributed by atoms with Crippen LogP contribution in [0, 0.1) is 19.8 Å². The molecule has 2 heteroatoms. The van der Waals surface area contributed by atoms with Gasteiger partial charge in [-0.05, 0) is 56.4 Å². The molecule has 2 aromatic carbocycles. The van der Waals surface area contributed by atoms with E-state index in [1.165, 1.54) is 5.56 Å². The number of aryl methyl sites for hydroxylation is 2. The molecule has 0 aliphatic rings. The Morgan fingerprint density at radius 3 is 2.04 bits per heavy atom. The van der Waals surface area contributed by atoms with E-state index in [0.717, 1.165) is 28.7 Å². The first-order valence-electron chi connectivity index (χ1n) is 8.33. The molecule has 2 aromatic rings. The lowest BCUT2D eigenvalue weighted by Crippen LogP contribution is -2.26. The zero-order valence-electron chi connectivity index (χ0n) is 14.8. The van der Waals surface area contributed by atoms with Crippen molar-refractivity contribution >= 4 is 5.91 Å². The van der Waals surface area contributed by atoms with Gasteiger partial charge < -0.3 is 5.32 Å². The summed E-state index contributed by atoms with van der Waals surface area (Å²) in [6.45, 7) is 10.5. The van der Waals surface area contributed by atoms with Crippen molar-refractivity contribution in [1.29, 1.82) is 0 Å². The Bertz CT molecular complexity index is 650. The molecule has 1 atom stereocenters. The van der Waals surface area contributed by atoms with Crippen LogP contribution < -0.4 is 5.32 Å². The quantitative estimate of drug-likeness (QED) is 0.828. The summed E-state index contributed by atoms with van der Waals surface area (Å²) in [7, 11) is 0. The van der Waals surface area contributed by atoms with Crippen LogP contribution in [0.3, 0.4) is 0 Å². The van der Waals surface area contributed by atoms with E-state index in [1.54, 1.807) is 0 Å². The van der Waals surface area contributed by atoms with E-state index in [-0.39, 0.29) is 11.9 Å². The van der Waals surface area contributed by atoms with Gasteiger partial charge in [0.2, 0.25) is 0 Å². The maximum Gasteiger partial charge on any atom is 0.251 e. The van der Waals surface area contributed by atoms with Crippen LogP contribution in [0.2, 0.25) is 0 Å². The number of benzene rings is 2. The highest BCUT2D eigenvalue weighted by atomic mass is 16.1. The minimum Gasteiger partial charge on any atom is -0.346 e. The van der Waals surface area contributed by atoms with E-state index >= 15 is 0 Å². The predicted molar refractivity (Wildman–Crippen MR) is 96.8 cm³/mol.